The van der Waals surface area contributed by atoms with E-state index >= 15 is 0 Å². The number of fused-ring (bicyclic) bond motifs is 1. The summed E-state index contributed by atoms with van der Waals surface area (Å²) in [5.41, 5.74) is 4.25. The number of ether oxygens (including phenoxy) is 1. The van der Waals surface area contributed by atoms with Gasteiger partial charge in [-0.15, -0.1) is 0 Å². The molecule has 0 fully saturated rings. The van der Waals surface area contributed by atoms with Crippen LogP contribution in [0.5, 0.6) is 11.6 Å². The summed E-state index contributed by atoms with van der Waals surface area (Å²) in [5.74, 6) is 1.08. The fourth-order valence-electron chi connectivity index (χ4n) is 4.58. The Hall–Kier alpha value is -4.22. The monoisotopic (exact) mass is 490 g/mol. The van der Waals surface area contributed by atoms with Gasteiger partial charge in [-0.3, -0.25) is 0 Å². The number of halogens is 1. The van der Waals surface area contributed by atoms with Gasteiger partial charge in [-0.05, 0) is 60.3 Å². The molecule has 0 amide bonds. The van der Waals surface area contributed by atoms with E-state index < -0.39 is 6.85 Å². The molecule has 4 nitrogen and oxygen atoms in total. The number of aryl methyl sites for hydroxylation is 1. The van der Waals surface area contributed by atoms with Crippen LogP contribution in [-0.2, 0) is 0 Å². The van der Waals surface area contributed by atoms with Gasteiger partial charge < -0.3 is 14.4 Å². The molecule has 5 aromatic rings. The Bertz CT molecular complexity index is 1620. The minimum atomic E-state index is -2.36. The van der Waals surface area contributed by atoms with E-state index in [1.54, 1.807) is 12.1 Å². The van der Waals surface area contributed by atoms with E-state index in [4.69, 9.17) is 25.4 Å². The molecule has 0 unspecified atom stereocenters. The lowest BCUT2D eigenvalue weighted by Crippen LogP contribution is -2.53. The van der Waals surface area contributed by atoms with Crippen LogP contribution in [0, 0.1) is 6.85 Å². The average molecular weight is 491 g/mol. The van der Waals surface area contributed by atoms with Crippen LogP contribution in [0.15, 0.2) is 121 Å². The van der Waals surface area contributed by atoms with Crippen LogP contribution in [0.4, 0.5) is 22.9 Å². The summed E-state index contributed by atoms with van der Waals surface area (Å²) in [6.07, 6.45) is 0. The second-order valence-electron chi connectivity index (χ2n) is 8.43. The Morgan fingerprint density at radius 1 is 0.750 bits per heavy atom. The van der Waals surface area contributed by atoms with Crippen molar-refractivity contribution in [3.8, 4) is 11.6 Å². The van der Waals surface area contributed by atoms with Crippen LogP contribution in [0.2, 0.25) is 5.02 Å². The third-order valence-corrected chi connectivity index (χ3v) is 6.37. The molecule has 174 valence electrons. The first kappa shape index (κ1) is 19.0. The Morgan fingerprint density at radius 2 is 1.44 bits per heavy atom. The highest BCUT2D eigenvalue weighted by molar-refractivity contribution is 6.84. The van der Waals surface area contributed by atoms with Crippen molar-refractivity contribution in [3.05, 3.63) is 132 Å². The Balaban J connectivity index is 1.47. The third kappa shape index (κ3) is 4.08. The van der Waals surface area contributed by atoms with Crippen LogP contribution in [0.25, 0.3) is 0 Å². The molecule has 6 heteroatoms. The molecule has 0 spiro atoms. The van der Waals surface area contributed by atoms with E-state index in [9.17, 15) is 0 Å². The smallest absolute Gasteiger partial charge is 0.421 e. The van der Waals surface area contributed by atoms with Gasteiger partial charge in [0.2, 0.25) is 5.88 Å². The highest BCUT2D eigenvalue weighted by Gasteiger charge is 2.43. The summed E-state index contributed by atoms with van der Waals surface area (Å²) in [5, 5.41) is 0.380. The first-order valence-corrected chi connectivity index (χ1v) is 12.0. The largest absolute Gasteiger partial charge is 0.439 e. The highest BCUT2D eigenvalue weighted by atomic mass is 35.5. The first-order chi connectivity index (χ1) is 18.9. The number of hydrogen-bond acceptors (Lipinski definition) is 4. The van der Waals surface area contributed by atoms with E-state index in [0.29, 0.717) is 10.8 Å². The summed E-state index contributed by atoms with van der Waals surface area (Å²) in [7, 11) is 0. The third-order valence-electron chi connectivity index (χ3n) is 6.14. The molecule has 0 saturated heterocycles. The van der Waals surface area contributed by atoms with Crippen molar-refractivity contribution in [1.29, 1.82) is 0 Å². The lowest BCUT2D eigenvalue weighted by atomic mass is 9.65. The summed E-state index contributed by atoms with van der Waals surface area (Å²) in [6.45, 7) is -2.59. The molecule has 0 N–H and O–H groups in total. The first-order valence-electron chi connectivity index (χ1n) is 13.1. The number of nitrogens with zero attached hydrogens (tertiary/aromatic N) is 3. The molecule has 4 aromatic carbocycles. The normalized spacial score (nSPS) is 14.1. The van der Waals surface area contributed by atoms with Crippen LogP contribution in [0.3, 0.4) is 0 Å². The maximum Gasteiger partial charge on any atom is 0.421 e. The molecule has 1 aliphatic heterocycles. The molecular weight excluding hydrogens is 465 g/mol. The topological polar surface area (TPSA) is 28.6 Å². The predicted molar refractivity (Wildman–Crippen MR) is 149 cm³/mol. The number of anilines is 4. The Kier molecular flexibility index (Phi) is 4.99. The molecule has 0 bridgehead atoms. The summed E-state index contributed by atoms with van der Waals surface area (Å²) >= 11 is 6.19. The van der Waals surface area contributed by atoms with E-state index in [-0.39, 0.29) is 24.2 Å². The molecule has 1 aromatic heterocycles. The number of para-hydroxylation sites is 3. The maximum absolute atomic E-state index is 7.91. The minimum Gasteiger partial charge on any atom is -0.439 e. The van der Waals surface area contributed by atoms with Crippen LogP contribution in [0.1, 0.15) is 9.68 Å². The number of aromatic nitrogens is 1. The van der Waals surface area contributed by atoms with Gasteiger partial charge in [0.25, 0.3) is 0 Å². The molecule has 0 aliphatic carbocycles. The standard InChI is InChI=1S/C30H23BClN3O/c1-22-19-20-24(32)21-28(22)36-30-18-10-17-29(33-30)35-27-16-9-8-15-26(27)34(25-13-6-3-7-14-25)31(35)23-11-4-2-5-12-23/h2-21H,1H3/i1D3. The van der Waals surface area contributed by atoms with E-state index in [1.807, 2.05) is 60.7 Å². The van der Waals surface area contributed by atoms with Gasteiger partial charge in [0.1, 0.15) is 11.6 Å². The Labute approximate surface area is 220 Å². The maximum atomic E-state index is 7.91. The summed E-state index contributed by atoms with van der Waals surface area (Å²) in [6, 6.07) is 38.8. The number of hydrogen-bond donors (Lipinski definition) is 0. The lowest BCUT2D eigenvalue weighted by Gasteiger charge is -2.29. The Morgan fingerprint density at radius 3 is 2.19 bits per heavy atom. The van der Waals surface area contributed by atoms with Crippen molar-refractivity contribution in [2.24, 2.45) is 0 Å². The SMILES string of the molecule is [2H]C([2H])([2H])c1ccc(Cl)cc1Oc1cccc(N2B(c3ccccc3)N(c3ccccc3)c3ccccc32)n1. The molecule has 1 aliphatic rings. The van der Waals surface area contributed by atoms with Gasteiger partial charge in [0.15, 0.2) is 0 Å². The number of benzene rings is 4. The molecule has 0 atom stereocenters. The van der Waals surface area contributed by atoms with Crippen LogP contribution < -0.4 is 19.8 Å². The molecule has 0 saturated carbocycles. The van der Waals surface area contributed by atoms with Gasteiger partial charge in [0, 0.05) is 20.9 Å². The van der Waals surface area contributed by atoms with Crippen molar-refractivity contribution in [1.82, 2.24) is 4.98 Å². The molecule has 36 heavy (non-hydrogen) atoms. The van der Waals surface area contributed by atoms with Crippen LogP contribution in [-0.4, -0.2) is 12.0 Å². The van der Waals surface area contributed by atoms with Crippen molar-refractivity contribution in [2.75, 3.05) is 9.62 Å². The second-order valence-corrected chi connectivity index (χ2v) is 8.86. The van der Waals surface area contributed by atoms with E-state index in [1.165, 1.54) is 12.1 Å². The molecule has 2 heterocycles. The molecule has 6 rings (SSSR count). The van der Waals surface area contributed by atoms with Gasteiger partial charge in [-0.2, -0.15) is 4.98 Å². The zero-order valence-corrected chi connectivity index (χ0v) is 20.0. The second kappa shape index (κ2) is 9.44. The minimum absolute atomic E-state index is 0.0723. The predicted octanol–water partition coefficient (Wildman–Crippen LogP) is 7.52. The van der Waals surface area contributed by atoms with E-state index in [2.05, 4.69) is 46.0 Å². The zero-order valence-electron chi connectivity index (χ0n) is 22.3. The average Bonchev–Trinajstić information content (AvgIpc) is 3.29. The zero-order chi connectivity index (χ0) is 27.0. The number of rotatable bonds is 5. The van der Waals surface area contributed by atoms with Crippen molar-refractivity contribution >= 4 is 46.9 Å². The number of pyridine rings is 1. The van der Waals surface area contributed by atoms with Gasteiger partial charge in [-0.25, -0.2) is 0 Å². The fourth-order valence-corrected chi connectivity index (χ4v) is 4.74. The summed E-state index contributed by atoms with van der Waals surface area (Å²) in [4.78, 5) is 9.32. The van der Waals surface area contributed by atoms with Crippen molar-refractivity contribution in [3.63, 3.8) is 0 Å². The summed E-state index contributed by atoms with van der Waals surface area (Å²) < 4.78 is 29.8. The van der Waals surface area contributed by atoms with Gasteiger partial charge >= 0.3 is 6.98 Å². The van der Waals surface area contributed by atoms with Crippen molar-refractivity contribution in [2.45, 2.75) is 6.85 Å². The van der Waals surface area contributed by atoms with Gasteiger partial charge in [-0.1, -0.05) is 84.4 Å². The van der Waals surface area contributed by atoms with Gasteiger partial charge in [0.05, 0.1) is 11.4 Å². The van der Waals surface area contributed by atoms with Crippen molar-refractivity contribution < 1.29 is 8.85 Å². The quantitative estimate of drug-likeness (QED) is 0.238. The molecular formula is C30H23BClN3O. The lowest BCUT2D eigenvalue weighted by molar-refractivity contribution is 0.460. The fraction of sp³-hybridized carbons (Fsp3) is 0.0333. The molecule has 0 radical (unpaired) electrons. The van der Waals surface area contributed by atoms with Crippen LogP contribution >= 0.6 is 11.6 Å². The van der Waals surface area contributed by atoms with E-state index in [0.717, 1.165) is 22.5 Å². The highest BCUT2D eigenvalue weighted by Crippen LogP contribution is 2.45.